The third-order valence-corrected chi connectivity index (χ3v) is 1.97. The van der Waals surface area contributed by atoms with E-state index in [9.17, 15) is 14.9 Å². The summed E-state index contributed by atoms with van der Waals surface area (Å²) in [5.41, 5.74) is 0.101. The van der Waals surface area contributed by atoms with E-state index in [0.29, 0.717) is 0 Å². The van der Waals surface area contributed by atoms with Gasteiger partial charge in [-0.1, -0.05) is 0 Å². The number of carbonyl (C=O) groups is 1. The van der Waals surface area contributed by atoms with Crippen LogP contribution in [0, 0.1) is 10.1 Å². The summed E-state index contributed by atoms with van der Waals surface area (Å²) in [5, 5.41) is 10.4. The fourth-order valence-corrected chi connectivity index (χ4v) is 1.21. The van der Waals surface area contributed by atoms with Crippen LogP contribution in [0.25, 0.3) is 0 Å². The van der Waals surface area contributed by atoms with Crippen LogP contribution in [0.3, 0.4) is 0 Å². The minimum atomic E-state index is -0.565. The smallest absolute Gasteiger partial charge is 0.338 e. The highest BCUT2D eigenvalue weighted by molar-refractivity contribution is 7.80. The van der Waals surface area contributed by atoms with Crippen molar-refractivity contribution >= 4 is 24.3 Å². The van der Waals surface area contributed by atoms with Crippen molar-refractivity contribution < 1.29 is 14.5 Å². The number of hydrogen-bond donors (Lipinski definition) is 1. The molecule has 0 amide bonds. The van der Waals surface area contributed by atoms with Gasteiger partial charge < -0.3 is 4.74 Å². The fraction of sp³-hybridized carbons (Fsp3) is 0.125. The first-order chi connectivity index (χ1) is 6.56. The van der Waals surface area contributed by atoms with Gasteiger partial charge in [-0.2, -0.15) is 0 Å². The summed E-state index contributed by atoms with van der Waals surface area (Å²) < 4.78 is 4.46. The molecule has 0 aromatic heterocycles. The van der Waals surface area contributed by atoms with Gasteiger partial charge in [-0.15, -0.1) is 12.6 Å². The van der Waals surface area contributed by atoms with Gasteiger partial charge in [0.25, 0.3) is 5.69 Å². The van der Waals surface area contributed by atoms with E-state index >= 15 is 0 Å². The predicted molar refractivity (Wildman–Crippen MR) is 51.7 cm³/mol. The van der Waals surface area contributed by atoms with Crippen molar-refractivity contribution in [3.63, 3.8) is 0 Å². The van der Waals surface area contributed by atoms with Gasteiger partial charge in [0, 0.05) is 17.0 Å². The lowest BCUT2D eigenvalue weighted by molar-refractivity contribution is -0.385. The van der Waals surface area contributed by atoms with Crippen LogP contribution < -0.4 is 0 Å². The van der Waals surface area contributed by atoms with Crippen LogP contribution in [0.15, 0.2) is 23.1 Å². The number of non-ortho nitro benzene ring substituents is 1. The summed E-state index contributed by atoms with van der Waals surface area (Å²) >= 11 is 3.95. The highest BCUT2D eigenvalue weighted by Crippen LogP contribution is 2.21. The lowest BCUT2D eigenvalue weighted by Crippen LogP contribution is -2.02. The SMILES string of the molecule is COC(=O)c1ccc([N+](=O)[O-])cc1S. The van der Waals surface area contributed by atoms with Crippen LogP contribution in [0.5, 0.6) is 0 Å². The number of nitro benzene ring substituents is 1. The van der Waals surface area contributed by atoms with Crippen LogP contribution in [0.2, 0.25) is 0 Å². The average Bonchev–Trinajstić information content (AvgIpc) is 2.16. The maximum Gasteiger partial charge on any atom is 0.338 e. The van der Waals surface area contributed by atoms with E-state index in [1.807, 2.05) is 0 Å². The summed E-state index contributed by atoms with van der Waals surface area (Å²) in [5.74, 6) is -0.565. The first kappa shape index (κ1) is 10.5. The third kappa shape index (κ3) is 2.02. The molecule has 0 aliphatic carbocycles. The largest absolute Gasteiger partial charge is 0.465 e. The number of ether oxygens (including phenoxy) is 1. The molecular weight excluding hydrogens is 206 g/mol. The lowest BCUT2D eigenvalue weighted by atomic mass is 10.2. The maximum atomic E-state index is 11.1. The highest BCUT2D eigenvalue weighted by atomic mass is 32.1. The van der Waals surface area contributed by atoms with Crippen molar-refractivity contribution in [3.05, 3.63) is 33.9 Å². The Labute approximate surface area is 85.2 Å². The van der Waals surface area contributed by atoms with E-state index in [-0.39, 0.29) is 16.1 Å². The Hall–Kier alpha value is -1.56. The Morgan fingerprint density at radius 2 is 2.21 bits per heavy atom. The van der Waals surface area contributed by atoms with Crippen molar-refractivity contribution in [2.24, 2.45) is 0 Å². The van der Waals surface area contributed by atoms with Crippen LogP contribution in [-0.4, -0.2) is 18.0 Å². The monoisotopic (exact) mass is 213 g/mol. The first-order valence-electron chi connectivity index (χ1n) is 3.62. The van der Waals surface area contributed by atoms with Crippen molar-refractivity contribution in [2.45, 2.75) is 4.90 Å². The van der Waals surface area contributed by atoms with Gasteiger partial charge in [0.15, 0.2) is 0 Å². The zero-order valence-corrected chi connectivity index (χ0v) is 8.15. The van der Waals surface area contributed by atoms with Gasteiger partial charge in [0.1, 0.15) is 0 Å². The maximum absolute atomic E-state index is 11.1. The normalized spacial score (nSPS) is 9.57. The van der Waals surface area contributed by atoms with Gasteiger partial charge >= 0.3 is 5.97 Å². The topological polar surface area (TPSA) is 69.4 Å². The van der Waals surface area contributed by atoms with Crippen LogP contribution in [-0.2, 0) is 4.74 Å². The molecule has 0 saturated carbocycles. The second-order valence-corrected chi connectivity index (χ2v) is 2.93. The number of methoxy groups -OCH3 is 1. The number of hydrogen-bond acceptors (Lipinski definition) is 5. The quantitative estimate of drug-likeness (QED) is 0.351. The highest BCUT2D eigenvalue weighted by Gasteiger charge is 2.13. The molecule has 0 heterocycles. The summed E-state index contributed by atoms with van der Waals surface area (Å²) in [4.78, 5) is 21.1. The second kappa shape index (κ2) is 4.10. The van der Waals surface area contributed by atoms with Crippen molar-refractivity contribution in [2.75, 3.05) is 7.11 Å². The van der Waals surface area contributed by atoms with Gasteiger partial charge in [-0.25, -0.2) is 4.79 Å². The Morgan fingerprint density at radius 3 is 2.64 bits per heavy atom. The van der Waals surface area contributed by atoms with Crippen LogP contribution >= 0.6 is 12.6 Å². The molecule has 0 aliphatic rings. The molecule has 0 fully saturated rings. The Morgan fingerprint density at radius 1 is 1.57 bits per heavy atom. The Balaban J connectivity index is 3.14. The molecule has 5 nitrogen and oxygen atoms in total. The first-order valence-corrected chi connectivity index (χ1v) is 4.06. The summed E-state index contributed by atoms with van der Waals surface area (Å²) in [6.45, 7) is 0. The average molecular weight is 213 g/mol. The van der Waals surface area contributed by atoms with Crippen molar-refractivity contribution in [1.29, 1.82) is 0 Å². The number of nitrogens with zero attached hydrogens (tertiary/aromatic N) is 1. The second-order valence-electron chi connectivity index (χ2n) is 2.45. The molecule has 0 aliphatic heterocycles. The van der Waals surface area contributed by atoms with Crippen molar-refractivity contribution in [3.8, 4) is 0 Å². The van der Waals surface area contributed by atoms with Crippen LogP contribution in [0.4, 0.5) is 5.69 Å². The number of benzene rings is 1. The molecule has 1 rings (SSSR count). The van der Waals surface area contributed by atoms with E-state index in [1.54, 1.807) is 0 Å². The zero-order chi connectivity index (χ0) is 10.7. The third-order valence-electron chi connectivity index (χ3n) is 1.60. The molecule has 0 saturated heterocycles. The van der Waals surface area contributed by atoms with E-state index < -0.39 is 10.9 Å². The molecule has 6 heteroatoms. The van der Waals surface area contributed by atoms with E-state index in [0.717, 1.165) is 0 Å². The van der Waals surface area contributed by atoms with Gasteiger partial charge in [0.2, 0.25) is 0 Å². The molecule has 14 heavy (non-hydrogen) atoms. The molecule has 0 radical (unpaired) electrons. The summed E-state index contributed by atoms with van der Waals surface area (Å²) in [7, 11) is 1.23. The van der Waals surface area contributed by atoms with E-state index in [1.165, 1.54) is 25.3 Å². The number of nitro groups is 1. The Bertz CT molecular complexity index is 391. The molecule has 0 spiro atoms. The Kier molecular flexibility index (Phi) is 3.08. The number of thiol groups is 1. The standard InChI is InChI=1S/C8H7NO4S/c1-13-8(10)6-3-2-5(9(11)12)4-7(6)14/h2-4,14H,1H3. The molecular formula is C8H7NO4S. The molecule has 0 bridgehead atoms. The molecule has 1 aromatic rings. The van der Waals surface area contributed by atoms with E-state index in [2.05, 4.69) is 17.4 Å². The number of carbonyl (C=O) groups excluding carboxylic acids is 1. The zero-order valence-electron chi connectivity index (χ0n) is 7.26. The van der Waals surface area contributed by atoms with Crippen molar-refractivity contribution in [1.82, 2.24) is 0 Å². The van der Waals surface area contributed by atoms with E-state index in [4.69, 9.17) is 0 Å². The van der Waals surface area contributed by atoms with Crippen LogP contribution in [0.1, 0.15) is 10.4 Å². The minimum absolute atomic E-state index is 0.109. The van der Waals surface area contributed by atoms with Gasteiger partial charge in [-0.05, 0) is 6.07 Å². The van der Waals surface area contributed by atoms with Gasteiger partial charge in [0.05, 0.1) is 17.6 Å². The summed E-state index contributed by atoms with van der Waals surface area (Å²) in [6.07, 6.45) is 0. The number of esters is 1. The lowest BCUT2D eigenvalue weighted by Gasteiger charge is -2.01. The molecule has 0 atom stereocenters. The fourth-order valence-electron chi connectivity index (χ4n) is 0.916. The predicted octanol–water partition coefficient (Wildman–Crippen LogP) is 1.67. The molecule has 0 unspecified atom stereocenters. The summed E-state index contributed by atoms with van der Waals surface area (Å²) in [6, 6.07) is 3.74. The molecule has 1 aromatic carbocycles. The molecule has 0 N–H and O–H groups in total. The van der Waals surface area contributed by atoms with Gasteiger partial charge in [-0.3, -0.25) is 10.1 Å². The minimum Gasteiger partial charge on any atom is -0.465 e. The number of rotatable bonds is 2. The molecule has 74 valence electrons.